The van der Waals surface area contributed by atoms with Crippen molar-refractivity contribution in [2.45, 2.75) is 48.2 Å². The third-order valence-corrected chi connectivity index (χ3v) is 6.99. The SMILES string of the molecule is N#C[C@H]1C[C@@H](NCC(F)(F)F)CC[C@@H]1n1cc(C(N)=O)c(Nc2ccc(S(=O)(=O)C(F)F)cc2)n1. The first-order chi connectivity index (χ1) is 16.3. The van der Waals surface area contributed by atoms with Crippen LogP contribution in [0.15, 0.2) is 35.4 Å². The maximum atomic E-state index is 12.7. The number of sulfone groups is 1. The van der Waals surface area contributed by atoms with Gasteiger partial charge < -0.3 is 16.4 Å². The molecule has 0 radical (unpaired) electrons. The molecule has 35 heavy (non-hydrogen) atoms. The van der Waals surface area contributed by atoms with Gasteiger partial charge in [0.25, 0.3) is 5.91 Å². The molecule has 190 valence electrons. The Hall–Kier alpha value is -3.25. The van der Waals surface area contributed by atoms with Crippen LogP contribution < -0.4 is 16.4 Å². The zero-order chi connectivity index (χ0) is 26.0. The van der Waals surface area contributed by atoms with Gasteiger partial charge in [-0.15, -0.1) is 0 Å². The number of aromatic nitrogens is 2. The molecule has 15 heteroatoms. The lowest BCUT2D eigenvalue weighted by Gasteiger charge is -2.33. The van der Waals surface area contributed by atoms with Crippen molar-refractivity contribution in [3.8, 4) is 6.07 Å². The molecule has 1 fully saturated rings. The highest BCUT2D eigenvalue weighted by atomic mass is 32.2. The molecule has 1 aromatic heterocycles. The number of hydrogen-bond donors (Lipinski definition) is 3. The molecule has 0 saturated heterocycles. The van der Waals surface area contributed by atoms with Crippen molar-refractivity contribution in [3.63, 3.8) is 0 Å². The molecule has 4 N–H and O–H groups in total. The van der Waals surface area contributed by atoms with E-state index in [9.17, 15) is 40.4 Å². The Kier molecular flexibility index (Phi) is 7.65. The van der Waals surface area contributed by atoms with E-state index < -0.39 is 57.1 Å². The molecule has 0 spiro atoms. The van der Waals surface area contributed by atoms with Gasteiger partial charge in [-0.1, -0.05) is 0 Å². The smallest absolute Gasteiger partial charge is 0.365 e. The average molecular weight is 520 g/mol. The largest absolute Gasteiger partial charge is 0.401 e. The first-order valence-electron chi connectivity index (χ1n) is 10.3. The van der Waals surface area contributed by atoms with Crippen molar-refractivity contribution in [2.24, 2.45) is 11.7 Å². The summed E-state index contributed by atoms with van der Waals surface area (Å²) in [5.41, 5.74) is 5.59. The van der Waals surface area contributed by atoms with Crippen LogP contribution in [0.3, 0.4) is 0 Å². The van der Waals surface area contributed by atoms with Gasteiger partial charge in [0.05, 0.1) is 29.5 Å². The summed E-state index contributed by atoms with van der Waals surface area (Å²) in [5, 5.41) is 19.0. The lowest BCUT2D eigenvalue weighted by atomic mass is 9.82. The predicted molar refractivity (Wildman–Crippen MR) is 113 cm³/mol. The van der Waals surface area contributed by atoms with Crippen LogP contribution in [0.25, 0.3) is 0 Å². The Morgan fingerprint density at radius 1 is 1.26 bits per heavy atom. The average Bonchev–Trinajstić information content (AvgIpc) is 3.21. The van der Waals surface area contributed by atoms with Crippen LogP contribution in [0.2, 0.25) is 0 Å². The molecule has 0 aliphatic heterocycles. The summed E-state index contributed by atoms with van der Waals surface area (Å²) in [7, 11) is -4.78. The van der Waals surface area contributed by atoms with Crippen molar-refractivity contribution in [1.29, 1.82) is 5.26 Å². The van der Waals surface area contributed by atoms with E-state index in [2.05, 4.69) is 21.8 Å². The molecule has 3 atom stereocenters. The highest BCUT2D eigenvalue weighted by Crippen LogP contribution is 2.35. The Bertz CT molecular complexity index is 1210. The normalized spacial score (nSPS) is 21.0. The van der Waals surface area contributed by atoms with Gasteiger partial charge in [-0.3, -0.25) is 9.48 Å². The van der Waals surface area contributed by atoms with E-state index in [4.69, 9.17) is 5.73 Å². The van der Waals surface area contributed by atoms with Crippen LogP contribution in [-0.2, 0) is 9.84 Å². The number of nitrogens with one attached hydrogen (secondary N) is 2. The number of rotatable bonds is 8. The molecule has 1 aliphatic carbocycles. The summed E-state index contributed by atoms with van der Waals surface area (Å²) in [6.07, 6.45) is -2.26. The Morgan fingerprint density at radius 3 is 2.46 bits per heavy atom. The minimum Gasteiger partial charge on any atom is -0.365 e. The fourth-order valence-electron chi connectivity index (χ4n) is 3.86. The second-order valence-electron chi connectivity index (χ2n) is 8.00. The van der Waals surface area contributed by atoms with Crippen molar-refractivity contribution in [3.05, 3.63) is 36.0 Å². The van der Waals surface area contributed by atoms with Gasteiger partial charge in [0, 0.05) is 17.9 Å². The predicted octanol–water partition coefficient (Wildman–Crippen LogP) is 3.11. The van der Waals surface area contributed by atoms with Crippen molar-refractivity contribution in [2.75, 3.05) is 11.9 Å². The van der Waals surface area contributed by atoms with E-state index in [1.807, 2.05) is 0 Å². The first kappa shape index (κ1) is 26.4. The van der Waals surface area contributed by atoms with E-state index in [0.29, 0.717) is 12.8 Å². The van der Waals surface area contributed by atoms with E-state index in [1.54, 1.807) is 0 Å². The topological polar surface area (TPSA) is 143 Å². The van der Waals surface area contributed by atoms with Gasteiger partial charge >= 0.3 is 11.9 Å². The number of carbonyl (C=O) groups excluding carboxylic acids is 1. The van der Waals surface area contributed by atoms with Crippen LogP contribution in [-0.4, -0.2) is 48.6 Å². The fraction of sp³-hybridized carbons (Fsp3) is 0.450. The van der Waals surface area contributed by atoms with E-state index in [-0.39, 0.29) is 23.5 Å². The number of nitrogens with two attached hydrogens (primary N) is 1. The maximum absolute atomic E-state index is 12.7. The zero-order valence-electron chi connectivity index (χ0n) is 18.0. The molecular formula is C20H21F5N6O3S. The standard InChI is InChI=1S/C20H21F5N6O3S/c21-19(22)35(33,34)14-4-1-12(2-5-14)29-18-15(17(27)32)9-31(30-18)16-6-3-13(7-11(16)8-26)28-10-20(23,24)25/h1-2,4-5,9,11,13,16,19,28H,3,6-7,10H2,(H2,27,32)(H,29,30)/t11-,13+,16+/m1/s1. The lowest BCUT2D eigenvalue weighted by Crippen LogP contribution is -2.42. The molecule has 2 aromatic rings. The van der Waals surface area contributed by atoms with Gasteiger partial charge in [0.2, 0.25) is 9.84 Å². The van der Waals surface area contributed by atoms with Crippen LogP contribution in [0.5, 0.6) is 0 Å². The maximum Gasteiger partial charge on any atom is 0.401 e. The second-order valence-corrected chi connectivity index (χ2v) is 9.92. The third-order valence-electron chi connectivity index (χ3n) is 5.59. The number of nitrogens with zero attached hydrogens (tertiary/aromatic N) is 3. The molecule has 3 rings (SSSR count). The van der Waals surface area contributed by atoms with Crippen LogP contribution in [0, 0.1) is 17.2 Å². The summed E-state index contributed by atoms with van der Waals surface area (Å²) in [6.45, 7) is -1.17. The third kappa shape index (κ3) is 6.25. The molecule has 1 saturated carbocycles. The Morgan fingerprint density at radius 2 is 1.91 bits per heavy atom. The summed E-state index contributed by atoms with van der Waals surface area (Å²) in [6, 6.07) is 5.37. The van der Waals surface area contributed by atoms with Crippen LogP contribution >= 0.6 is 0 Å². The lowest BCUT2D eigenvalue weighted by molar-refractivity contribution is -0.126. The number of carbonyl (C=O) groups is 1. The van der Waals surface area contributed by atoms with Gasteiger partial charge in [0.1, 0.15) is 5.56 Å². The van der Waals surface area contributed by atoms with E-state index in [0.717, 1.165) is 12.1 Å². The quantitative estimate of drug-likeness (QED) is 0.454. The summed E-state index contributed by atoms with van der Waals surface area (Å²) < 4.78 is 87.4. The first-order valence-corrected chi connectivity index (χ1v) is 11.8. The van der Waals surface area contributed by atoms with Crippen LogP contribution in [0.1, 0.15) is 35.7 Å². The number of benzene rings is 1. The molecule has 1 aliphatic rings. The van der Waals surface area contributed by atoms with Gasteiger partial charge in [0.15, 0.2) is 5.82 Å². The summed E-state index contributed by atoms with van der Waals surface area (Å²) in [4.78, 5) is 11.3. The molecule has 1 heterocycles. The number of primary amides is 1. The van der Waals surface area contributed by atoms with Crippen molar-refractivity contribution >= 4 is 27.2 Å². The second kappa shape index (κ2) is 10.2. The Labute approximate surface area is 197 Å². The molecule has 0 bridgehead atoms. The fourth-order valence-corrected chi connectivity index (χ4v) is 4.58. The molecule has 1 aromatic carbocycles. The molecular weight excluding hydrogens is 499 g/mol. The highest BCUT2D eigenvalue weighted by Gasteiger charge is 2.35. The Balaban J connectivity index is 1.79. The minimum absolute atomic E-state index is 0.0176. The van der Waals surface area contributed by atoms with Crippen LogP contribution in [0.4, 0.5) is 33.5 Å². The van der Waals surface area contributed by atoms with Crippen molar-refractivity contribution < 1.29 is 35.2 Å². The number of anilines is 2. The summed E-state index contributed by atoms with van der Waals surface area (Å²) >= 11 is 0. The number of alkyl halides is 5. The highest BCUT2D eigenvalue weighted by molar-refractivity contribution is 7.91. The molecule has 0 unspecified atom stereocenters. The number of amides is 1. The monoisotopic (exact) mass is 520 g/mol. The number of nitriles is 1. The zero-order valence-corrected chi connectivity index (χ0v) is 18.8. The van der Waals surface area contributed by atoms with Gasteiger partial charge in [-0.2, -0.15) is 32.3 Å². The van der Waals surface area contributed by atoms with Gasteiger partial charge in [-0.25, -0.2) is 8.42 Å². The van der Waals surface area contributed by atoms with Gasteiger partial charge in [-0.05, 0) is 43.5 Å². The van der Waals surface area contributed by atoms with Crippen molar-refractivity contribution in [1.82, 2.24) is 15.1 Å². The number of hydrogen-bond acceptors (Lipinski definition) is 7. The van der Waals surface area contributed by atoms with E-state index in [1.165, 1.54) is 23.0 Å². The minimum atomic E-state index is -4.78. The number of halogens is 5. The summed E-state index contributed by atoms with van der Waals surface area (Å²) in [5.74, 6) is -5.15. The molecule has 1 amide bonds. The van der Waals surface area contributed by atoms with E-state index >= 15 is 0 Å². The molecule has 9 nitrogen and oxygen atoms in total.